The molecule has 3 rings (SSSR count). The summed E-state index contributed by atoms with van der Waals surface area (Å²) in [6.07, 6.45) is 1.41. The van der Waals surface area contributed by atoms with Crippen molar-refractivity contribution in [2.24, 2.45) is 0 Å². The van der Waals surface area contributed by atoms with Crippen molar-refractivity contribution in [3.8, 4) is 11.5 Å². The Morgan fingerprint density at radius 3 is 2.52 bits per heavy atom. The highest BCUT2D eigenvalue weighted by atomic mass is 16.7. The van der Waals surface area contributed by atoms with Crippen LogP contribution in [0, 0.1) is 0 Å². The number of carbonyl (C=O) groups excluding carboxylic acids is 3. The summed E-state index contributed by atoms with van der Waals surface area (Å²) in [7, 11) is 0. The molecule has 0 bridgehead atoms. The highest BCUT2D eigenvalue weighted by Gasteiger charge is 2.16. The number of carboxylic acid groups (broad SMARTS) is 1. The normalized spacial score (nSPS) is 12.4. The van der Waals surface area contributed by atoms with Gasteiger partial charge in [0, 0.05) is 5.56 Å². The molecule has 2 aromatic carbocycles. The highest BCUT2D eigenvalue weighted by molar-refractivity contribution is 6.05. The first-order valence-electron chi connectivity index (χ1n) is 7.99. The van der Waals surface area contributed by atoms with E-state index < -0.39 is 24.3 Å². The lowest BCUT2D eigenvalue weighted by Crippen LogP contribution is -2.41. The first-order chi connectivity index (χ1) is 13.0. The van der Waals surface area contributed by atoms with E-state index in [-0.39, 0.29) is 12.5 Å². The number of carbonyl (C=O) groups is 3. The molecule has 0 atom stereocenters. The van der Waals surface area contributed by atoms with E-state index >= 15 is 0 Å². The molecular formula is C19H15N2O6-. The maximum Gasteiger partial charge on any atom is 0.268 e. The molecule has 8 nitrogen and oxygen atoms in total. The van der Waals surface area contributed by atoms with E-state index in [0.717, 1.165) is 0 Å². The summed E-state index contributed by atoms with van der Waals surface area (Å²) < 4.78 is 10.5. The van der Waals surface area contributed by atoms with Crippen LogP contribution in [0.3, 0.4) is 0 Å². The minimum absolute atomic E-state index is 0.103. The van der Waals surface area contributed by atoms with Crippen molar-refractivity contribution in [3.63, 3.8) is 0 Å². The molecule has 0 saturated carbocycles. The van der Waals surface area contributed by atoms with Gasteiger partial charge in [0.15, 0.2) is 11.5 Å². The van der Waals surface area contributed by atoms with Gasteiger partial charge in [0.2, 0.25) is 6.79 Å². The fraction of sp³-hybridized carbons (Fsp3) is 0.105. The predicted molar refractivity (Wildman–Crippen MR) is 92.5 cm³/mol. The second-order valence-corrected chi connectivity index (χ2v) is 5.55. The standard InChI is InChI=1S/C19H16N2O6/c22-17(23)10-20-19(25)14(21-18(24)13-4-2-1-3-5-13)8-12-6-7-15-16(9-12)27-11-26-15/h1-9H,10-11H2,(H,20,25)(H,21,24)(H,22,23)/p-1. The van der Waals surface area contributed by atoms with Crippen LogP contribution in [0.2, 0.25) is 0 Å². The smallest absolute Gasteiger partial charge is 0.268 e. The van der Waals surface area contributed by atoms with E-state index in [9.17, 15) is 19.5 Å². The Kier molecular flexibility index (Phi) is 5.36. The third-order valence-electron chi connectivity index (χ3n) is 3.63. The molecule has 1 aliphatic heterocycles. The lowest BCUT2D eigenvalue weighted by Gasteiger charge is -2.11. The zero-order valence-electron chi connectivity index (χ0n) is 14.1. The van der Waals surface area contributed by atoms with Gasteiger partial charge in [-0.3, -0.25) is 9.59 Å². The Morgan fingerprint density at radius 1 is 1.04 bits per heavy atom. The Bertz CT molecular complexity index is 908. The van der Waals surface area contributed by atoms with Crippen molar-refractivity contribution in [2.75, 3.05) is 13.3 Å². The van der Waals surface area contributed by atoms with Gasteiger partial charge in [-0.05, 0) is 35.9 Å². The van der Waals surface area contributed by atoms with Crippen LogP contribution in [0.5, 0.6) is 11.5 Å². The van der Waals surface area contributed by atoms with Crippen LogP contribution < -0.4 is 25.2 Å². The second-order valence-electron chi connectivity index (χ2n) is 5.55. The van der Waals surface area contributed by atoms with Gasteiger partial charge < -0.3 is 30.0 Å². The van der Waals surface area contributed by atoms with Crippen molar-refractivity contribution in [3.05, 3.63) is 65.4 Å². The molecule has 8 heteroatoms. The third kappa shape index (κ3) is 4.63. The molecular weight excluding hydrogens is 352 g/mol. The van der Waals surface area contributed by atoms with Crippen molar-refractivity contribution in [1.29, 1.82) is 0 Å². The molecule has 2 N–H and O–H groups in total. The number of ether oxygens (including phenoxy) is 2. The number of benzene rings is 2. The van der Waals surface area contributed by atoms with Gasteiger partial charge in [0.05, 0.1) is 12.5 Å². The van der Waals surface area contributed by atoms with Gasteiger partial charge in [-0.2, -0.15) is 0 Å². The molecule has 0 radical (unpaired) electrons. The van der Waals surface area contributed by atoms with Gasteiger partial charge in [-0.1, -0.05) is 24.3 Å². The Morgan fingerprint density at radius 2 is 1.78 bits per heavy atom. The molecule has 0 fully saturated rings. The minimum Gasteiger partial charge on any atom is -0.548 e. The fourth-order valence-corrected chi connectivity index (χ4v) is 2.36. The van der Waals surface area contributed by atoms with Crippen LogP contribution in [0.4, 0.5) is 0 Å². The zero-order chi connectivity index (χ0) is 19.2. The van der Waals surface area contributed by atoms with Crippen LogP contribution in [0.1, 0.15) is 15.9 Å². The topological polar surface area (TPSA) is 117 Å². The number of hydrogen-bond acceptors (Lipinski definition) is 6. The summed E-state index contributed by atoms with van der Waals surface area (Å²) in [5.74, 6) is -1.64. The molecule has 2 amide bonds. The number of aliphatic carboxylic acids is 1. The van der Waals surface area contributed by atoms with Gasteiger partial charge in [-0.25, -0.2) is 0 Å². The third-order valence-corrected chi connectivity index (χ3v) is 3.63. The molecule has 0 aliphatic carbocycles. The number of rotatable bonds is 6. The van der Waals surface area contributed by atoms with E-state index in [2.05, 4.69) is 10.6 Å². The first kappa shape index (κ1) is 18.0. The quantitative estimate of drug-likeness (QED) is 0.697. The van der Waals surface area contributed by atoms with Crippen LogP contribution in [-0.4, -0.2) is 31.1 Å². The Labute approximate surface area is 154 Å². The first-order valence-corrected chi connectivity index (χ1v) is 7.99. The van der Waals surface area contributed by atoms with Crippen LogP contribution in [-0.2, 0) is 9.59 Å². The number of hydrogen-bond donors (Lipinski definition) is 2. The molecule has 2 aromatic rings. The maximum atomic E-state index is 12.4. The Hall–Kier alpha value is -3.81. The average Bonchev–Trinajstić information content (AvgIpc) is 3.14. The van der Waals surface area contributed by atoms with Crippen LogP contribution in [0.15, 0.2) is 54.2 Å². The summed E-state index contributed by atoms with van der Waals surface area (Å²) in [5.41, 5.74) is 0.789. The lowest BCUT2D eigenvalue weighted by atomic mass is 10.1. The molecule has 0 unspecified atom stereocenters. The molecule has 0 saturated heterocycles. The van der Waals surface area contributed by atoms with E-state index in [0.29, 0.717) is 22.6 Å². The maximum absolute atomic E-state index is 12.4. The summed E-state index contributed by atoms with van der Waals surface area (Å²) in [4.78, 5) is 35.3. The monoisotopic (exact) mass is 367 g/mol. The highest BCUT2D eigenvalue weighted by Crippen LogP contribution is 2.33. The summed E-state index contributed by atoms with van der Waals surface area (Å²) in [6, 6.07) is 13.3. The predicted octanol–water partition coefficient (Wildman–Crippen LogP) is 0.0523. The van der Waals surface area contributed by atoms with Crippen molar-refractivity contribution in [1.82, 2.24) is 10.6 Å². The average molecular weight is 367 g/mol. The number of carboxylic acids is 1. The van der Waals surface area contributed by atoms with Gasteiger partial charge in [0.1, 0.15) is 5.70 Å². The summed E-state index contributed by atoms with van der Waals surface area (Å²) in [6.45, 7) is -0.579. The molecule has 0 aromatic heterocycles. The summed E-state index contributed by atoms with van der Waals surface area (Å²) in [5, 5.41) is 15.3. The fourth-order valence-electron chi connectivity index (χ4n) is 2.36. The molecule has 1 heterocycles. The number of nitrogens with one attached hydrogen (secondary N) is 2. The second kappa shape index (κ2) is 8.05. The van der Waals surface area contributed by atoms with E-state index in [1.54, 1.807) is 48.5 Å². The van der Waals surface area contributed by atoms with Crippen molar-refractivity contribution in [2.45, 2.75) is 0 Å². The zero-order valence-corrected chi connectivity index (χ0v) is 14.1. The van der Waals surface area contributed by atoms with Gasteiger partial charge >= 0.3 is 0 Å². The minimum atomic E-state index is -1.44. The van der Waals surface area contributed by atoms with E-state index in [4.69, 9.17) is 9.47 Å². The van der Waals surface area contributed by atoms with Gasteiger partial charge in [0.25, 0.3) is 11.8 Å². The van der Waals surface area contributed by atoms with Crippen LogP contribution >= 0.6 is 0 Å². The van der Waals surface area contributed by atoms with E-state index in [1.807, 2.05) is 0 Å². The van der Waals surface area contributed by atoms with E-state index in [1.165, 1.54) is 6.08 Å². The van der Waals surface area contributed by atoms with Crippen molar-refractivity contribution >= 4 is 23.9 Å². The SMILES string of the molecule is O=C([O-])CNC(=O)C(=Cc1ccc2c(c1)OCO2)NC(=O)c1ccccc1. The molecule has 1 aliphatic rings. The summed E-state index contributed by atoms with van der Waals surface area (Å²) >= 11 is 0. The molecule has 0 spiro atoms. The largest absolute Gasteiger partial charge is 0.548 e. The molecule has 27 heavy (non-hydrogen) atoms. The Balaban J connectivity index is 1.85. The van der Waals surface area contributed by atoms with Gasteiger partial charge in [-0.15, -0.1) is 0 Å². The molecule has 138 valence electrons. The lowest BCUT2D eigenvalue weighted by molar-refractivity contribution is -0.303. The van der Waals surface area contributed by atoms with Crippen molar-refractivity contribution < 1.29 is 29.0 Å². The number of amides is 2. The number of fused-ring (bicyclic) bond motifs is 1. The van der Waals surface area contributed by atoms with Crippen LogP contribution in [0.25, 0.3) is 6.08 Å².